The molecule has 19 heavy (non-hydrogen) atoms. The van der Waals surface area contributed by atoms with E-state index in [1.54, 1.807) is 12.1 Å². The highest BCUT2D eigenvalue weighted by molar-refractivity contribution is 9.10. The van der Waals surface area contributed by atoms with Crippen LogP contribution in [0.1, 0.15) is 13.8 Å². The van der Waals surface area contributed by atoms with Crippen LogP contribution in [0.15, 0.2) is 28.7 Å². The van der Waals surface area contributed by atoms with Gasteiger partial charge in [-0.05, 0) is 38.1 Å². The molecule has 0 aliphatic rings. The second-order valence-corrected chi connectivity index (χ2v) is 5.09. The normalized spacial score (nSPS) is 10.5. The molecule has 4 nitrogen and oxygen atoms in total. The predicted molar refractivity (Wildman–Crippen MR) is 77.5 cm³/mol. The summed E-state index contributed by atoms with van der Waals surface area (Å²) in [5.41, 5.74) is 0. The third kappa shape index (κ3) is 6.59. The van der Waals surface area contributed by atoms with E-state index in [-0.39, 0.29) is 12.6 Å². The Labute approximate surface area is 122 Å². The number of rotatable bonds is 8. The van der Waals surface area contributed by atoms with Crippen LogP contribution in [0, 0.1) is 0 Å². The summed E-state index contributed by atoms with van der Waals surface area (Å²) in [6.45, 7) is 7.58. The predicted octanol–water partition coefficient (Wildman–Crippen LogP) is 1.30. The molecule has 0 aliphatic carbocycles. The molecule has 0 saturated carbocycles. The van der Waals surface area contributed by atoms with Crippen molar-refractivity contribution in [3.63, 3.8) is 0 Å². The van der Waals surface area contributed by atoms with Crippen LogP contribution in [-0.4, -0.2) is 38.8 Å². The molecule has 0 radical (unpaired) electrons. The van der Waals surface area contributed by atoms with Gasteiger partial charge < -0.3 is 14.4 Å². The summed E-state index contributed by atoms with van der Waals surface area (Å²) in [4.78, 5) is 12.9. The summed E-state index contributed by atoms with van der Waals surface area (Å²) < 4.78 is 11.4. The summed E-state index contributed by atoms with van der Waals surface area (Å²) in [5, 5.41) is 0. The molecule has 1 N–H and O–H groups in total. The van der Waals surface area contributed by atoms with Gasteiger partial charge in [-0.1, -0.05) is 15.9 Å². The first kappa shape index (κ1) is 16.0. The van der Waals surface area contributed by atoms with Crippen LogP contribution in [0.4, 0.5) is 0 Å². The fourth-order valence-electron chi connectivity index (χ4n) is 1.63. The molecule has 1 rings (SSSR count). The highest BCUT2D eigenvalue weighted by atomic mass is 79.9. The van der Waals surface area contributed by atoms with Gasteiger partial charge >= 0.3 is 5.97 Å². The summed E-state index contributed by atoms with van der Waals surface area (Å²) in [5.74, 6) is 0.337. The van der Waals surface area contributed by atoms with Crippen LogP contribution in [-0.2, 0) is 9.53 Å². The molecular formula is C14H21BrNO3+. The zero-order chi connectivity index (χ0) is 14.1. The lowest BCUT2D eigenvalue weighted by Gasteiger charge is -2.15. The van der Waals surface area contributed by atoms with Crippen molar-refractivity contribution in [2.24, 2.45) is 0 Å². The lowest BCUT2D eigenvalue weighted by molar-refractivity contribution is -0.896. The van der Waals surface area contributed by atoms with Gasteiger partial charge in [0.05, 0.1) is 13.1 Å². The molecule has 106 valence electrons. The van der Waals surface area contributed by atoms with Gasteiger partial charge in [0.2, 0.25) is 0 Å². The minimum atomic E-state index is -0.325. The second kappa shape index (κ2) is 8.93. The molecule has 0 fully saturated rings. The van der Waals surface area contributed by atoms with Crippen molar-refractivity contribution in [1.29, 1.82) is 0 Å². The van der Waals surface area contributed by atoms with Gasteiger partial charge in [0.1, 0.15) is 18.9 Å². The number of likely N-dealkylation sites (N-methyl/N-ethyl adjacent to an activating group) is 1. The number of benzene rings is 1. The Morgan fingerprint density at radius 3 is 2.42 bits per heavy atom. The van der Waals surface area contributed by atoms with Gasteiger partial charge in [0.25, 0.3) is 0 Å². The maximum absolute atomic E-state index is 11.5. The number of carbonyl (C=O) groups excluding carboxylic acids is 1. The molecule has 0 heterocycles. The standard InChI is InChI=1S/C14H20BrNO3/c1-3-16(4-2)9-10-18-14(17)11-19-13-7-5-12(15)6-8-13/h5-8H,3-4,9-11H2,1-2H3/p+1. The maximum atomic E-state index is 11.5. The largest absolute Gasteiger partial charge is 0.482 e. The minimum absolute atomic E-state index is 0.0464. The molecule has 0 aliphatic heterocycles. The monoisotopic (exact) mass is 330 g/mol. The van der Waals surface area contributed by atoms with E-state index >= 15 is 0 Å². The number of nitrogens with one attached hydrogen (secondary N) is 1. The SMILES string of the molecule is CC[NH+](CC)CCOC(=O)COc1ccc(Br)cc1. The third-order valence-electron chi connectivity index (χ3n) is 2.89. The van der Waals surface area contributed by atoms with Crippen LogP contribution in [0.2, 0.25) is 0 Å². The molecule has 0 unspecified atom stereocenters. The molecule has 0 amide bonds. The van der Waals surface area contributed by atoms with Crippen molar-refractivity contribution >= 4 is 21.9 Å². The second-order valence-electron chi connectivity index (χ2n) is 4.17. The molecule has 0 atom stereocenters. The van der Waals surface area contributed by atoms with Crippen molar-refractivity contribution in [3.05, 3.63) is 28.7 Å². The van der Waals surface area contributed by atoms with Crippen molar-refractivity contribution < 1.29 is 19.2 Å². The van der Waals surface area contributed by atoms with Crippen molar-refractivity contribution in [2.75, 3.05) is 32.8 Å². The fourth-order valence-corrected chi connectivity index (χ4v) is 1.89. The van der Waals surface area contributed by atoms with Crippen molar-refractivity contribution in [3.8, 4) is 5.75 Å². The zero-order valence-corrected chi connectivity index (χ0v) is 13.0. The van der Waals surface area contributed by atoms with Gasteiger partial charge in [-0.25, -0.2) is 4.79 Å². The molecule has 1 aromatic carbocycles. The number of ether oxygens (including phenoxy) is 2. The Hall–Kier alpha value is -1.07. The summed E-state index contributed by atoms with van der Waals surface area (Å²) in [6.07, 6.45) is 0. The summed E-state index contributed by atoms with van der Waals surface area (Å²) >= 11 is 3.34. The Balaban J connectivity index is 2.19. The molecule has 0 saturated heterocycles. The quantitative estimate of drug-likeness (QED) is 0.730. The van der Waals surface area contributed by atoms with E-state index in [1.807, 2.05) is 12.1 Å². The Morgan fingerprint density at radius 1 is 1.21 bits per heavy atom. The van der Waals surface area contributed by atoms with E-state index in [0.29, 0.717) is 12.4 Å². The topological polar surface area (TPSA) is 40.0 Å². The number of hydrogen-bond donors (Lipinski definition) is 1. The Morgan fingerprint density at radius 2 is 1.84 bits per heavy atom. The van der Waals surface area contributed by atoms with Gasteiger partial charge in [-0.3, -0.25) is 0 Å². The van der Waals surface area contributed by atoms with Gasteiger partial charge in [0.15, 0.2) is 6.61 Å². The van der Waals surface area contributed by atoms with E-state index in [2.05, 4.69) is 29.8 Å². The van der Waals surface area contributed by atoms with Crippen LogP contribution in [0.3, 0.4) is 0 Å². The van der Waals surface area contributed by atoms with E-state index < -0.39 is 0 Å². The van der Waals surface area contributed by atoms with Crippen molar-refractivity contribution in [1.82, 2.24) is 0 Å². The lowest BCUT2D eigenvalue weighted by atomic mass is 10.3. The Kier molecular flexibility index (Phi) is 7.52. The highest BCUT2D eigenvalue weighted by Gasteiger charge is 2.07. The van der Waals surface area contributed by atoms with Crippen LogP contribution in [0.25, 0.3) is 0 Å². The molecule has 5 heteroatoms. The zero-order valence-electron chi connectivity index (χ0n) is 11.4. The molecule has 0 bridgehead atoms. The first-order valence-electron chi connectivity index (χ1n) is 6.53. The average Bonchev–Trinajstić information content (AvgIpc) is 2.43. The molecule has 0 spiro atoms. The summed E-state index contributed by atoms with van der Waals surface area (Å²) in [7, 11) is 0. The van der Waals surface area contributed by atoms with E-state index in [1.165, 1.54) is 4.90 Å². The average molecular weight is 331 g/mol. The number of hydrogen-bond acceptors (Lipinski definition) is 3. The van der Waals surface area contributed by atoms with Crippen molar-refractivity contribution in [2.45, 2.75) is 13.8 Å². The fraction of sp³-hybridized carbons (Fsp3) is 0.500. The van der Waals surface area contributed by atoms with Crippen LogP contribution < -0.4 is 9.64 Å². The smallest absolute Gasteiger partial charge is 0.344 e. The van der Waals surface area contributed by atoms with E-state index in [4.69, 9.17) is 9.47 Å². The van der Waals surface area contributed by atoms with Gasteiger partial charge in [-0.2, -0.15) is 0 Å². The summed E-state index contributed by atoms with van der Waals surface area (Å²) in [6, 6.07) is 7.34. The molecule has 0 aromatic heterocycles. The number of halogens is 1. The molecule has 1 aromatic rings. The molecular weight excluding hydrogens is 310 g/mol. The van der Waals surface area contributed by atoms with Crippen LogP contribution in [0.5, 0.6) is 5.75 Å². The third-order valence-corrected chi connectivity index (χ3v) is 3.42. The minimum Gasteiger partial charge on any atom is -0.482 e. The first-order valence-corrected chi connectivity index (χ1v) is 7.32. The number of esters is 1. The number of carbonyl (C=O) groups is 1. The Bertz CT molecular complexity index is 377. The van der Waals surface area contributed by atoms with E-state index in [0.717, 1.165) is 24.1 Å². The highest BCUT2D eigenvalue weighted by Crippen LogP contribution is 2.15. The first-order chi connectivity index (χ1) is 9.15. The van der Waals surface area contributed by atoms with Gasteiger partial charge in [0, 0.05) is 4.47 Å². The lowest BCUT2D eigenvalue weighted by Crippen LogP contribution is -3.11. The van der Waals surface area contributed by atoms with E-state index in [9.17, 15) is 4.79 Å². The van der Waals surface area contributed by atoms with Crippen LogP contribution >= 0.6 is 15.9 Å². The number of quaternary nitrogens is 1. The van der Waals surface area contributed by atoms with Gasteiger partial charge in [-0.15, -0.1) is 0 Å². The maximum Gasteiger partial charge on any atom is 0.344 e.